The van der Waals surface area contributed by atoms with E-state index in [1.165, 1.54) is 32.1 Å². The summed E-state index contributed by atoms with van der Waals surface area (Å²) in [4.78, 5) is 18.8. The molecule has 0 unspecified atom stereocenters. The van der Waals surface area contributed by atoms with Crippen molar-refractivity contribution in [1.82, 2.24) is 15.2 Å². The Hall–Kier alpha value is -0.940. The molecule has 2 heterocycles. The Morgan fingerprint density at radius 3 is 2.85 bits per heavy atom. The Kier molecular flexibility index (Phi) is 4.68. The lowest BCUT2D eigenvalue weighted by atomic mass is 9.88. The largest absolute Gasteiger partial charge is 0.355 e. The van der Waals surface area contributed by atoms with Crippen LogP contribution in [-0.4, -0.2) is 41.5 Å². The minimum Gasteiger partial charge on any atom is -0.355 e. The minimum atomic E-state index is 0.215. The SMILES string of the molecule is O=C(NCCc1cscn1)C1CN(C2CCCCC2)C1. The highest BCUT2D eigenvalue weighted by molar-refractivity contribution is 7.07. The number of carbonyl (C=O) groups excluding carboxylic acids is 1. The predicted octanol–water partition coefficient (Wildman–Crippen LogP) is 2.07. The average Bonchev–Trinajstić information content (AvgIpc) is 2.91. The van der Waals surface area contributed by atoms with Crippen LogP contribution in [0.25, 0.3) is 0 Å². The van der Waals surface area contributed by atoms with E-state index in [0.29, 0.717) is 6.54 Å². The van der Waals surface area contributed by atoms with Crippen LogP contribution >= 0.6 is 11.3 Å². The van der Waals surface area contributed by atoms with Gasteiger partial charge in [0.15, 0.2) is 0 Å². The van der Waals surface area contributed by atoms with Crippen molar-refractivity contribution in [3.05, 3.63) is 16.6 Å². The van der Waals surface area contributed by atoms with Crippen LogP contribution in [0.2, 0.25) is 0 Å². The van der Waals surface area contributed by atoms with Gasteiger partial charge < -0.3 is 5.32 Å². The number of rotatable bonds is 5. The highest BCUT2D eigenvalue weighted by atomic mass is 32.1. The van der Waals surface area contributed by atoms with Gasteiger partial charge in [0.25, 0.3) is 0 Å². The van der Waals surface area contributed by atoms with Crippen LogP contribution in [0.1, 0.15) is 37.8 Å². The van der Waals surface area contributed by atoms with Gasteiger partial charge in [0, 0.05) is 37.5 Å². The maximum atomic E-state index is 12.0. The summed E-state index contributed by atoms with van der Waals surface area (Å²) >= 11 is 1.61. The summed E-state index contributed by atoms with van der Waals surface area (Å²) < 4.78 is 0. The highest BCUT2D eigenvalue weighted by Gasteiger charge is 2.36. The van der Waals surface area contributed by atoms with Crippen LogP contribution in [0.3, 0.4) is 0 Å². The smallest absolute Gasteiger partial charge is 0.225 e. The van der Waals surface area contributed by atoms with Crippen molar-refractivity contribution in [2.75, 3.05) is 19.6 Å². The van der Waals surface area contributed by atoms with E-state index in [1.54, 1.807) is 11.3 Å². The number of carbonyl (C=O) groups is 1. The number of aromatic nitrogens is 1. The monoisotopic (exact) mass is 293 g/mol. The molecule has 1 aliphatic heterocycles. The van der Waals surface area contributed by atoms with Crippen LogP contribution in [0, 0.1) is 5.92 Å². The Labute approximate surface area is 124 Å². The molecule has 1 saturated carbocycles. The molecule has 1 aromatic rings. The topological polar surface area (TPSA) is 45.2 Å². The molecule has 0 radical (unpaired) electrons. The van der Waals surface area contributed by atoms with Crippen molar-refractivity contribution in [2.24, 2.45) is 5.92 Å². The summed E-state index contributed by atoms with van der Waals surface area (Å²) in [6, 6.07) is 0.753. The van der Waals surface area contributed by atoms with Crippen LogP contribution in [0.4, 0.5) is 0 Å². The number of nitrogens with one attached hydrogen (secondary N) is 1. The molecule has 1 aromatic heterocycles. The lowest BCUT2D eigenvalue weighted by molar-refractivity contribution is -0.131. The first kappa shape index (κ1) is 14.0. The summed E-state index contributed by atoms with van der Waals surface area (Å²) in [5.74, 6) is 0.444. The zero-order valence-electron chi connectivity index (χ0n) is 11.9. The van der Waals surface area contributed by atoms with Gasteiger partial charge in [-0.05, 0) is 12.8 Å². The summed E-state index contributed by atoms with van der Waals surface area (Å²) in [5.41, 5.74) is 2.92. The van der Waals surface area contributed by atoms with Gasteiger partial charge in [-0.15, -0.1) is 11.3 Å². The third-order valence-corrected chi connectivity index (χ3v) is 5.17. The van der Waals surface area contributed by atoms with E-state index < -0.39 is 0 Å². The molecule has 1 N–H and O–H groups in total. The summed E-state index contributed by atoms with van der Waals surface area (Å²) in [6.45, 7) is 2.64. The van der Waals surface area contributed by atoms with E-state index in [1.807, 2.05) is 10.9 Å². The fourth-order valence-corrected chi connectivity index (χ4v) is 3.83. The van der Waals surface area contributed by atoms with Gasteiger partial charge >= 0.3 is 0 Å². The van der Waals surface area contributed by atoms with Crippen LogP contribution in [0.15, 0.2) is 10.9 Å². The molecule has 20 heavy (non-hydrogen) atoms. The third-order valence-electron chi connectivity index (χ3n) is 4.54. The Morgan fingerprint density at radius 2 is 2.15 bits per heavy atom. The second kappa shape index (κ2) is 6.68. The van der Waals surface area contributed by atoms with Gasteiger partial charge in [-0.25, -0.2) is 4.98 Å². The zero-order chi connectivity index (χ0) is 13.8. The fraction of sp³-hybridized carbons (Fsp3) is 0.733. The Balaban J connectivity index is 1.33. The third kappa shape index (κ3) is 3.38. The Bertz CT molecular complexity index is 422. The number of hydrogen-bond acceptors (Lipinski definition) is 4. The average molecular weight is 293 g/mol. The summed E-state index contributed by atoms with van der Waals surface area (Å²) in [5, 5.41) is 5.09. The number of thiazole rings is 1. The lowest BCUT2D eigenvalue weighted by Crippen LogP contribution is -2.57. The van der Waals surface area contributed by atoms with Crippen molar-refractivity contribution in [2.45, 2.75) is 44.6 Å². The van der Waals surface area contributed by atoms with Gasteiger partial charge in [-0.1, -0.05) is 19.3 Å². The fourth-order valence-electron chi connectivity index (χ4n) is 3.24. The molecule has 0 bridgehead atoms. The van der Waals surface area contributed by atoms with E-state index in [4.69, 9.17) is 0 Å². The molecule has 5 heteroatoms. The maximum Gasteiger partial charge on any atom is 0.225 e. The van der Waals surface area contributed by atoms with Crippen LogP contribution in [-0.2, 0) is 11.2 Å². The van der Waals surface area contributed by atoms with Gasteiger partial charge in [0.05, 0.1) is 17.1 Å². The van der Waals surface area contributed by atoms with Crippen molar-refractivity contribution in [3.8, 4) is 0 Å². The molecule has 0 aromatic carbocycles. The van der Waals surface area contributed by atoms with E-state index >= 15 is 0 Å². The maximum absolute atomic E-state index is 12.0. The Morgan fingerprint density at radius 1 is 1.35 bits per heavy atom. The normalized spacial score (nSPS) is 21.6. The first-order chi connectivity index (χ1) is 9.83. The molecule has 2 fully saturated rings. The van der Waals surface area contributed by atoms with E-state index in [0.717, 1.165) is 31.2 Å². The summed E-state index contributed by atoms with van der Waals surface area (Å²) in [7, 11) is 0. The first-order valence-electron chi connectivity index (χ1n) is 7.72. The standard InChI is InChI=1S/C15H23N3OS/c19-15(16-7-6-13-10-20-11-17-13)12-8-18(9-12)14-4-2-1-3-5-14/h10-12,14H,1-9H2,(H,16,19). The molecule has 1 saturated heterocycles. The zero-order valence-corrected chi connectivity index (χ0v) is 12.7. The van der Waals surface area contributed by atoms with Crippen molar-refractivity contribution < 1.29 is 4.79 Å². The predicted molar refractivity (Wildman–Crippen MR) is 80.8 cm³/mol. The molecule has 4 nitrogen and oxygen atoms in total. The first-order valence-corrected chi connectivity index (χ1v) is 8.66. The second-order valence-corrected chi connectivity index (χ2v) is 6.68. The highest BCUT2D eigenvalue weighted by Crippen LogP contribution is 2.28. The van der Waals surface area contributed by atoms with Crippen LogP contribution in [0.5, 0.6) is 0 Å². The van der Waals surface area contributed by atoms with Crippen molar-refractivity contribution in [1.29, 1.82) is 0 Å². The molecule has 1 aliphatic carbocycles. The molecule has 0 atom stereocenters. The lowest BCUT2D eigenvalue weighted by Gasteiger charge is -2.45. The number of nitrogens with zero attached hydrogens (tertiary/aromatic N) is 2. The number of hydrogen-bond donors (Lipinski definition) is 1. The van der Waals surface area contributed by atoms with Crippen molar-refractivity contribution in [3.63, 3.8) is 0 Å². The quantitative estimate of drug-likeness (QED) is 0.904. The minimum absolute atomic E-state index is 0.215. The molecule has 0 spiro atoms. The molecule has 1 amide bonds. The molecular weight excluding hydrogens is 270 g/mol. The summed E-state index contributed by atoms with van der Waals surface area (Å²) in [6.07, 6.45) is 7.63. The molecular formula is C15H23N3OS. The van der Waals surface area contributed by atoms with Gasteiger partial charge in [0.2, 0.25) is 5.91 Å². The van der Waals surface area contributed by atoms with Gasteiger partial charge in [-0.3, -0.25) is 9.69 Å². The van der Waals surface area contributed by atoms with E-state index in [-0.39, 0.29) is 11.8 Å². The van der Waals surface area contributed by atoms with E-state index in [2.05, 4.69) is 15.2 Å². The molecule has 110 valence electrons. The molecule has 3 rings (SSSR count). The molecule has 2 aliphatic rings. The van der Waals surface area contributed by atoms with Gasteiger partial charge in [-0.2, -0.15) is 0 Å². The van der Waals surface area contributed by atoms with E-state index in [9.17, 15) is 4.79 Å². The van der Waals surface area contributed by atoms with Crippen molar-refractivity contribution >= 4 is 17.2 Å². The number of amides is 1. The van der Waals surface area contributed by atoms with Crippen LogP contribution < -0.4 is 5.32 Å². The number of likely N-dealkylation sites (tertiary alicyclic amines) is 1. The second-order valence-electron chi connectivity index (χ2n) is 5.96. The van der Waals surface area contributed by atoms with Gasteiger partial charge in [0.1, 0.15) is 0 Å².